The zero-order valence-corrected chi connectivity index (χ0v) is 23.4. The fourth-order valence-electron chi connectivity index (χ4n) is 4.69. The lowest BCUT2D eigenvalue weighted by atomic mass is 9.95. The molecule has 2 aromatic carbocycles. The molecule has 0 spiro atoms. The third-order valence-corrected chi connectivity index (χ3v) is 8.23. The summed E-state index contributed by atoms with van der Waals surface area (Å²) in [6, 6.07) is 16.1. The van der Waals surface area contributed by atoms with Gasteiger partial charge in [0.15, 0.2) is 0 Å². The summed E-state index contributed by atoms with van der Waals surface area (Å²) in [6.07, 6.45) is 7.35. The summed E-state index contributed by atoms with van der Waals surface area (Å²) >= 11 is 3.37. The Kier molecular flexibility index (Phi) is 10.4. The van der Waals surface area contributed by atoms with Gasteiger partial charge in [-0.1, -0.05) is 78.5 Å². The van der Waals surface area contributed by atoms with Crippen molar-refractivity contribution in [1.82, 2.24) is 10.2 Å². The second-order valence-electron chi connectivity index (χ2n) is 9.34. The van der Waals surface area contributed by atoms with E-state index in [4.69, 9.17) is 0 Å². The number of hydrogen-bond acceptors (Lipinski definition) is 4. The summed E-state index contributed by atoms with van der Waals surface area (Å²) in [7, 11) is -3.74. The molecular weight excluding hydrogens is 542 g/mol. The minimum atomic E-state index is -3.74. The van der Waals surface area contributed by atoms with Crippen LogP contribution in [0, 0.1) is 0 Å². The molecule has 0 bridgehead atoms. The molecule has 0 unspecified atom stereocenters. The van der Waals surface area contributed by atoms with Gasteiger partial charge in [0.05, 0.1) is 11.9 Å². The Morgan fingerprint density at radius 3 is 2.36 bits per heavy atom. The van der Waals surface area contributed by atoms with Gasteiger partial charge >= 0.3 is 0 Å². The van der Waals surface area contributed by atoms with Crippen molar-refractivity contribution in [3.63, 3.8) is 0 Å². The molecule has 7 nitrogen and oxygen atoms in total. The highest BCUT2D eigenvalue weighted by Gasteiger charge is 2.32. The van der Waals surface area contributed by atoms with Gasteiger partial charge in [0.2, 0.25) is 21.8 Å². The zero-order valence-electron chi connectivity index (χ0n) is 21.0. The van der Waals surface area contributed by atoms with Crippen LogP contribution in [0.3, 0.4) is 0 Å². The van der Waals surface area contributed by atoms with Crippen LogP contribution in [0.25, 0.3) is 0 Å². The lowest BCUT2D eigenvalue weighted by molar-refractivity contribution is -0.140. The second-order valence-corrected chi connectivity index (χ2v) is 12.2. The molecule has 9 heteroatoms. The van der Waals surface area contributed by atoms with Gasteiger partial charge in [-0.2, -0.15) is 0 Å². The van der Waals surface area contributed by atoms with Crippen molar-refractivity contribution in [2.75, 3.05) is 23.7 Å². The number of nitrogens with one attached hydrogen (secondary N) is 1. The van der Waals surface area contributed by atoms with Crippen LogP contribution < -0.4 is 9.62 Å². The van der Waals surface area contributed by atoms with Crippen molar-refractivity contribution in [2.45, 2.75) is 64.0 Å². The first-order chi connectivity index (χ1) is 17.2. The van der Waals surface area contributed by atoms with E-state index in [1.807, 2.05) is 37.3 Å². The maximum atomic E-state index is 13.7. The number of anilines is 1. The summed E-state index contributed by atoms with van der Waals surface area (Å²) in [6.45, 7) is 1.82. The summed E-state index contributed by atoms with van der Waals surface area (Å²) < 4.78 is 27.2. The second kappa shape index (κ2) is 13.2. The summed E-state index contributed by atoms with van der Waals surface area (Å²) in [5.41, 5.74) is 1.44. The number of amides is 2. The van der Waals surface area contributed by atoms with E-state index in [-0.39, 0.29) is 18.5 Å². The van der Waals surface area contributed by atoms with Crippen molar-refractivity contribution >= 4 is 43.5 Å². The minimum absolute atomic E-state index is 0.126. The number of carbonyl (C=O) groups excluding carboxylic acids is 2. The summed E-state index contributed by atoms with van der Waals surface area (Å²) in [4.78, 5) is 28.6. The topological polar surface area (TPSA) is 86.8 Å². The average Bonchev–Trinajstić information content (AvgIpc) is 2.85. The number of nitrogens with zero attached hydrogens (tertiary/aromatic N) is 2. The Morgan fingerprint density at radius 1 is 1.06 bits per heavy atom. The van der Waals surface area contributed by atoms with Crippen LogP contribution in [-0.2, 0) is 26.0 Å². The van der Waals surface area contributed by atoms with E-state index >= 15 is 0 Å². The highest BCUT2D eigenvalue weighted by atomic mass is 79.9. The minimum Gasteiger partial charge on any atom is -0.352 e. The van der Waals surface area contributed by atoms with E-state index in [0.717, 1.165) is 41.8 Å². The van der Waals surface area contributed by atoms with Gasteiger partial charge in [-0.25, -0.2) is 8.42 Å². The lowest BCUT2D eigenvalue weighted by Gasteiger charge is -2.34. The van der Waals surface area contributed by atoms with Crippen LogP contribution in [-0.4, -0.2) is 56.6 Å². The number of halogens is 1. The van der Waals surface area contributed by atoms with E-state index < -0.39 is 22.0 Å². The molecule has 0 aromatic heterocycles. The Balaban J connectivity index is 1.85. The standard InChI is InChI=1S/C27H36BrN3O4S/c1-3-25(27(33)29-23-14-8-5-9-15-23)30(18-17-21-11-6-4-7-12-21)26(32)20-31(36(2,34)35)24-16-10-13-22(28)19-24/h4,6-7,10-13,16,19,23,25H,3,5,8-9,14-15,17-18,20H2,1-2H3,(H,29,33)/t25-/m1/s1. The van der Waals surface area contributed by atoms with Crippen molar-refractivity contribution < 1.29 is 18.0 Å². The third-order valence-electron chi connectivity index (χ3n) is 6.60. The van der Waals surface area contributed by atoms with Gasteiger partial charge < -0.3 is 10.2 Å². The first kappa shape index (κ1) is 28.2. The Labute approximate surface area is 223 Å². The zero-order chi connectivity index (χ0) is 26.1. The molecule has 2 aromatic rings. The van der Waals surface area contributed by atoms with Crippen LogP contribution in [0.15, 0.2) is 59.1 Å². The predicted octanol–water partition coefficient (Wildman–Crippen LogP) is 4.51. The maximum absolute atomic E-state index is 13.7. The number of carbonyl (C=O) groups is 2. The number of benzene rings is 2. The van der Waals surface area contributed by atoms with E-state index in [9.17, 15) is 18.0 Å². The van der Waals surface area contributed by atoms with E-state index in [0.29, 0.717) is 29.5 Å². The van der Waals surface area contributed by atoms with E-state index in [1.54, 1.807) is 29.2 Å². The Hall–Kier alpha value is -2.39. The highest BCUT2D eigenvalue weighted by Crippen LogP contribution is 2.23. The van der Waals surface area contributed by atoms with Crippen LogP contribution in [0.4, 0.5) is 5.69 Å². The molecule has 1 N–H and O–H groups in total. The monoisotopic (exact) mass is 577 g/mol. The molecule has 36 heavy (non-hydrogen) atoms. The van der Waals surface area contributed by atoms with Gasteiger partial charge in [-0.3, -0.25) is 13.9 Å². The molecule has 0 radical (unpaired) electrons. The summed E-state index contributed by atoms with van der Waals surface area (Å²) in [5, 5.41) is 3.16. The molecule has 3 rings (SSSR count). The molecule has 0 aliphatic heterocycles. The molecule has 1 atom stereocenters. The van der Waals surface area contributed by atoms with Gasteiger partial charge in [0.1, 0.15) is 12.6 Å². The normalized spacial score (nSPS) is 15.2. The fourth-order valence-corrected chi connectivity index (χ4v) is 5.91. The average molecular weight is 579 g/mol. The van der Waals surface area contributed by atoms with Crippen LogP contribution in [0.2, 0.25) is 0 Å². The van der Waals surface area contributed by atoms with Gasteiger partial charge in [-0.15, -0.1) is 0 Å². The largest absolute Gasteiger partial charge is 0.352 e. The molecule has 1 aliphatic rings. The van der Waals surface area contributed by atoms with Crippen LogP contribution >= 0.6 is 15.9 Å². The lowest BCUT2D eigenvalue weighted by Crippen LogP contribution is -2.54. The number of hydrogen-bond donors (Lipinski definition) is 1. The van der Waals surface area contributed by atoms with Crippen LogP contribution in [0.5, 0.6) is 0 Å². The number of sulfonamides is 1. The first-order valence-corrected chi connectivity index (χ1v) is 15.2. The molecule has 2 amide bonds. The quantitative estimate of drug-likeness (QED) is 0.425. The van der Waals surface area contributed by atoms with Crippen molar-refractivity contribution in [3.05, 3.63) is 64.6 Å². The Bertz CT molecular complexity index is 1120. The molecular formula is C27H36BrN3O4S. The summed E-state index contributed by atoms with van der Waals surface area (Å²) in [5.74, 6) is -0.568. The van der Waals surface area contributed by atoms with Gasteiger partial charge in [0.25, 0.3) is 0 Å². The maximum Gasteiger partial charge on any atom is 0.244 e. The van der Waals surface area contributed by atoms with Gasteiger partial charge in [0, 0.05) is 17.1 Å². The SMILES string of the molecule is CC[C@H](C(=O)NC1CCCCC1)N(CCc1ccccc1)C(=O)CN(c1cccc(Br)c1)S(C)(=O)=O. The predicted molar refractivity (Wildman–Crippen MR) is 147 cm³/mol. The molecule has 196 valence electrons. The molecule has 1 aliphatic carbocycles. The van der Waals surface area contributed by atoms with Crippen molar-refractivity contribution in [3.8, 4) is 0 Å². The van der Waals surface area contributed by atoms with E-state index in [2.05, 4.69) is 21.2 Å². The highest BCUT2D eigenvalue weighted by molar-refractivity contribution is 9.10. The molecule has 0 heterocycles. The van der Waals surface area contributed by atoms with Gasteiger partial charge in [-0.05, 0) is 49.4 Å². The number of rotatable bonds is 11. The first-order valence-electron chi connectivity index (χ1n) is 12.6. The molecule has 1 saturated carbocycles. The fraction of sp³-hybridized carbons (Fsp3) is 0.481. The van der Waals surface area contributed by atoms with Crippen LogP contribution in [0.1, 0.15) is 51.0 Å². The van der Waals surface area contributed by atoms with Crippen molar-refractivity contribution in [2.24, 2.45) is 0 Å². The van der Waals surface area contributed by atoms with E-state index in [1.165, 1.54) is 6.42 Å². The Morgan fingerprint density at radius 2 is 1.75 bits per heavy atom. The van der Waals surface area contributed by atoms with Crippen molar-refractivity contribution in [1.29, 1.82) is 0 Å². The molecule has 1 fully saturated rings. The third kappa shape index (κ3) is 8.06. The smallest absolute Gasteiger partial charge is 0.244 e. The molecule has 0 saturated heterocycles.